The fourth-order valence-corrected chi connectivity index (χ4v) is 2.99. The first-order valence-corrected chi connectivity index (χ1v) is 8.88. The van der Waals surface area contributed by atoms with E-state index >= 15 is 0 Å². The molecule has 3 aromatic rings. The summed E-state index contributed by atoms with van der Waals surface area (Å²) in [5.41, 5.74) is 1.32. The second-order valence-corrected chi connectivity index (χ2v) is 7.00. The highest BCUT2D eigenvalue weighted by molar-refractivity contribution is 14.1. The maximum atomic E-state index is 12.5. The van der Waals surface area contributed by atoms with Crippen molar-refractivity contribution in [3.05, 3.63) is 81.4 Å². The van der Waals surface area contributed by atoms with Gasteiger partial charge in [0.1, 0.15) is 6.04 Å². The van der Waals surface area contributed by atoms with Gasteiger partial charge in [0.2, 0.25) is 0 Å². The van der Waals surface area contributed by atoms with Gasteiger partial charge in [0.05, 0.1) is 0 Å². The van der Waals surface area contributed by atoms with Crippen LogP contribution in [-0.4, -0.2) is 23.0 Å². The van der Waals surface area contributed by atoms with E-state index in [4.69, 9.17) is 0 Å². The standard InChI is InChI=1S/C20H16INO3/c21-17-9-5-13(6-10-17)11-18(20(24)25)22-19(23)16-8-7-14-3-1-2-4-15(14)12-16/h1-10,12,18H,11H2,(H,22,23)(H,24,25)/t18-/m0/s1. The first-order valence-electron chi connectivity index (χ1n) is 7.80. The Kier molecular flexibility index (Phi) is 5.33. The molecule has 126 valence electrons. The molecule has 0 aliphatic carbocycles. The van der Waals surface area contributed by atoms with Gasteiger partial charge in [-0.05, 0) is 63.2 Å². The largest absolute Gasteiger partial charge is 0.480 e. The van der Waals surface area contributed by atoms with Crippen LogP contribution in [0.3, 0.4) is 0 Å². The molecule has 0 saturated carbocycles. The summed E-state index contributed by atoms with van der Waals surface area (Å²) < 4.78 is 1.08. The Balaban J connectivity index is 1.77. The lowest BCUT2D eigenvalue weighted by molar-refractivity contribution is -0.139. The maximum Gasteiger partial charge on any atom is 0.326 e. The molecular formula is C20H16INO3. The summed E-state index contributed by atoms with van der Waals surface area (Å²) in [5, 5.41) is 14.0. The van der Waals surface area contributed by atoms with E-state index < -0.39 is 12.0 Å². The number of benzene rings is 3. The van der Waals surface area contributed by atoms with Gasteiger partial charge in [0, 0.05) is 15.6 Å². The number of carbonyl (C=O) groups is 2. The quantitative estimate of drug-likeness (QED) is 0.587. The van der Waals surface area contributed by atoms with Crippen LogP contribution in [-0.2, 0) is 11.2 Å². The number of carbonyl (C=O) groups excluding carboxylic acids is 1. The number of hydrogen-bond donors (Lipinski definition) is 2. The van der Waals surface area contributed by atoms with E-state index in [0.29, 0.717) is 5.56 Å². The zero-order valence-corrected chi connectivity index (χ0v) is 15.4. The molecule has 0 aliphatic heterocycles. The number of hydrogen-bond acceptors (Lipinski definition) is 2. The van der Waals surface area contributed by atoms with Crippen LogP contribution in [0.4, 0.5) is 0 Å². The molecule has 5 heteroatoms. The predicted octanol–water partition coefficient (Wildman–Crippen LogP) is 3.87. The molecular weight excluding hydrogens is 429 g/mol. The average molecular weight is 445 g/mol. The molecule has 0 bridgehead atoms. The molecule has 3 rings (SSSR count). The Labute approximate surface area is 159 Å². The van der Waals surface area contributed by atoms with Gasteiger partial charge in [-0.2, -0.15) is 0 Å². The van der Waals surface area contributed by atoms with Crippen molar-refractivity contribution in [2.75, 3.05) is 0 Å². The molecule has 0 aromatic heterocycles. The van der Waals surface area contributed by atoms with Crippen molar-refractivity contribution in [3.63, 3.8) is 0 Å². The molecule has 0 saturated heterocycles. The van der Waals surface area contributed by atoms with Gasteiger partial charge in [0.15, 0.2) is 0 Å². The smallest absolute Gasteiger partial charge is 0.326 e. The number of amides is 1. The lowest BCUT2D eigenvalue weighted by Gasteiger charge is -2.15. The highest BCUT2D eigenvalue weighted by Crippen LogP contribution is 2.16. The summed E-state index contributed by atoms with van der Waals surface area (Å²) in [6, 6.07) is 19.7. The van der Waals surface area contributed by atoms with Crippen molar-refractivity contribution in [3.8, 4) is 0 Å². The Hall–Kier alpha value is -2.41. The lowest BCUT2D eigenvalue weighted by atomic mass is 10.0. The van der Waals surface area contributed by atoms with Crippen molar-refractivity contribution in [1.29, 1.82) is 0 Å². The zero-order valence-electron chi connectivity index (χ0n) is 13.3. The number of carboxylic acids is 1. The molecule has 0 heterocycles. The third kappa shape index (κ3) is 4.36. The van der Waals surface area contributed by atoms with Gasteiger partial charge in [-0.25, -0.2) is 4.79 Å². The Morgan fingerprint density at radius 3 is 2.32 bits per heavy atom. The van der Waals surface area contributed by atoms with Crippen LogP contribution in [0.1, 0.15) is 15.9 Å². The van der Waals surface area contributed by atoms with E-state index in [1.165, 1.54) is 0 Å². The van der Waals surface area contributed by atoms with Crippen molar-refractivity contribution in [2.24, 2.45) is 0 Å². The minimum absolute atomic E-state index is 0.242. The zero-order chi connectivity index (χ0) is 17.8. The van der Waals surface area contributed by atoms with Crippen molar-refractivity contribution in [2.45, 2.75) is 12.5 Å². The fourth-order valence-electron chi connectivity index (χ4n) is 2.63. The summed E-state index contributed by atoms with van der Waals surface area (Å²) in [4.78, 5) is 24.0. The van der Waals surface area contributed by atoms with Crippen LogP contribution in [0.2, 0.25) is 0 Å². The number of halogens is 1. The van der Waals surface area contributed by atoms with E-state index in [0.717, 1.165) is 19.9 Å². The lowest BCUT2D eigenvalue weighted by Crippen LogP contribution is -2.42. The second-order valence-electron chi connectivity index (χ2n) is 5.76. The van der Waals surface area contributed by atoms with Crippen LogP contribution in [0.25, 0.3) is 10.8 Å². The Morgan fingerprint density at radius 1 is 0.960 bits per heavy atom. The minimum atomic E-state index is -1.05. The predicted molar refractivity (Wildman–Crippen MR) is 106 cm³/mol. The van der Waals surface area contributed by atoms with E-state index in [-0.39, 0.29) is 12.3 Å². The molecule has 4 nitrogen and oxygen atoms in total. The van der Waals surface area contributed by atoms with Gasteiger partial charge >= 0.3 is 5.97 Å². The monoisotopic (exact) mass is 445 g/mol. The Morgan fingerprint density at radius 2 is 1.64 bits per heavy atom. The minimum Gasteiger partial charge on any atom is -0.480 e. The van der Waals surface area contributed by atoms with E-state index in [1.54, 1.807) is 12.1 Å². The third-order valence-corrected chi connectivity index (χ3v) is 4.69. The maximum absolute atomic E-state index is 12.5. The van der Waals surface area contributed by atoms with E-state index in [2.05, 4.69) is 27.9 Å². The highest BCUT2D eigenvalue weighted by atomic mass is 127. The van der Waals surface area contributed by atoms with Crippen molar-refractivity contribution in [1.82, 2.24) is 5.32 Å². The highest BCUT2D eigenvalue weighted by Gasteiger charge is 2.21. The second kappa shape index (κ2) is 7.65. The number of carboxylic acid groups (broad SMARTS) is 1. The van der Waals surface area contributed by atoms with Crippen molar-refractivity contribution < 1.29 is 14.7 Å². The van der Waals surface area contributed by atoms with E-state index in [1.807, 2.05) is 54.6 Å². The topological polar surface area (TPSA) is 66.4 Å². The van der Waals surface area contributed by atoms with Gasteiger partial charge < -0.3 is 10.4 Å². The average Bonchev–Trinajstić information content (AvgIpc) is 2.62. The van der Waals surface area contributed by atoms with Crippen molar-refractivity contribution >= 4 is 45.2 Å². The third-order valence-electron chi connectivity index (χ3n) is 3.97. The number of aliphatic carboxylic acids is 1. The van der Waals surface area contributed by atoms with Crippen LogP contribution < -0.4 is 5.32 Å². The first-order chi connectivity index (χ1) is 12.0. The number of fused-ring (bicyclic) bond motifs is 1. The summed E-state index contributed by atoms with van der Waals surface area (Å²) in [5.74, 6) is -1.43. The fraction of sp³-hybridized carbons (Fsp3) is 0.100. The molecule has 0 radical (unpaired) electrons. The normalized spacial score (nSPS) is 11.9. The molecule has 25 heavy (non-hydrogen) atoms. The summed E-state index contributed by atoms with van der Waals surface area (Å²) in [6.45, 7) is 0. The van der Waals surface area contributed by atoms with Crippen LogP contribution in [0, 0.1) is 3.57 Å². The number of nitrogens with one attached hydrogen (secondary N) is 1. The molecule has 0 aliphatic rings. The molecule has 2 N–H and O–H groups in total. The van der Waals surface area contributed by atoms with Gasteiger partial charge in [-0.1, -0.05) is 42.5 Å². The van der Waals surface area contributed by atoms with Gasteiger partial charge in [0.25, 0.3) is 5.91 Å². The summed E-state index contributed by atoms with van der Waals surface area (Å²) in [7, 11) is 0. The molecule has 0 unspecified atom stereocenters. The van der Waals surface area contributed by atoms with Gasteiger partial charge in [-0.3, -0.25) is 4.79 Å². The first kappa shape index (κ1) is 17.4. The van der Waals surface area contributed by atoms with E-state index in [9.17, 15) is 14.7 Å². The Bertz CT molecular complexity index is 922. The van der Waals surface area contributed by atoms with Crippen LogP contribution in [0.5, 0.6) is 0 Å². The summed E-state index contributed by atoms with van der Waals surface area (Å²) >= 11 is 2.19. The SMILES string of the molecule is O=C(N[C@@H](Cc1ccc(I)cc1)C(=O)O)c1ccc2ccccc2c1. The molecule has 1 atom stereocenters. The number of rotatable bonds is 5. The van der Waals surface area contributed by atoms with Crippen LogP contribution in [0.15, 0.2) is 66.7 Å². The molecule has 3 aromatic carbocycles. The summed E-state index contributed by atoms with van der Waals surface area (Å²) in [6.07, 6.45) is 0.242. The van der Waals surface area contributed by atoms with Crippen LogP contribution >= 0.6 is 22.6 Å². The molecule has 0 spiro atoms. The molecule has 1 amide bonds. The molecule has 0 fully saturated rings. The van der Waals surface area contributed by atoms with Gasteiger partial charge in [-0.15, -0.1) is 0 Å².